The van der Waals surface area contributed by atoms with Gasteiger partial charge in [0, 0.05) is 30.8 Å². The van der Waals surface area contributed by atoms with Crippen molar-refractivity contribution in [1.29, 1.82) is 0 Å². The summed E-state index contributed by atoms with van der Waals surface area (Å²) in [6.45, 7) is 3.90. The number of fused-ring (bicyclic) bond motifs is 1. The summed E-state index contributed by atoms with van der Waals surface area (Å²) in [5.74, 6) is 0.0428. The summed E-state index contributed by atoms with van der Waals surface area (Å²) < 4.78 is 17.8. The number of nitrogens with one attached hydrogen (secondary N) is 1. The molecule has 0 radical (unpaired) electrons. The molecule has 0 aliphatic carbocycles. The van der Waals surface area contributed by atoms with Crippen molar-refractivity contribution < 1.29 is 9.18 Å². The molecule has 1 amide bonds. The summed E-state index contributed by atoms with van der Waals surface area (Å²) >= 11 is 1.71. The van der Waals surface area contributed by atoms with Crippen LogP contribution in [0.2, 0.25) is 0 Å². The van der Waals surface area contributed by atoms with E-state index in [1.54, 1.807) is 30.3 Å². The molecule has 8 heteroatoms. The Morgan fingerprint density at radius 1 is 1.18 bits per heavy atom. The third-order valence-corrected chi connectivity index (χ3v) is 5.50. The monoisotopic (exact) mass is 397 g/mol. The summed E-state index contributed by atoms with van der Waals surface area (Å²) in [4.78, 5) is 15.7. The van der Waals surface area contributed by atoms with Crippen LogP contribution in [0.4, 0.5) is 10.2 Å². The van der Waals surface area contributed by atoms with Gasteiger partial charge in [-0.2, -0.15) is 5.10 Å². The predicted octanol–water partition coefficient (Wildman–Crippen LogP) is 3.80. The number of carbonyl (C=O) groups excluding carboxylic acids is 1. The fourth-order valence-corrected chi connectivity index (χ4v) is 3.91. The Morgan fingerprint density at radius 3 is 2.68 bits per heavy atom. The number of nitrogens with zero attached hydrogens (tertiary/aromatic N) is 4. The van der Waals surface area contributed by atoms with Gasteiger partial charge in [0.2, 0.25) is 5.91 Å². The molecule has 0 bridgehead atoms. The summed E-state index contributed by atoms with van der Waals surface area (Å²) in [7, 11) is 0. The van der Waals surface area contributed by atoms with E-state index >= 15 is 0 Å². The SMILES string of the molecule is CSN1CCn2nc(-c3ccc(F)cc3)c(-c3ccnc(NC(C)=O)c3)c2C1. The van der Waals surface area contributed by atoms with Gasteiger partial charge in [0.1, 0.15) is 17.3 Å². The maximum absolute atomic E-state index is 13.4. The Bertz CT molecular complexity index is 1020. The second-order valence-electron chi connectivity index (χ2n) is 6.56. The van der Waals surface area contributed by atoms with Crippen LogP contribution < -0.4 is 5.32 Å². The van der Waals surface area contributed by atoms with Crippen molar-refractivity contribution in [1.82, 2.24) is 19.1 Å². The lowest BCUT2D eigenvalue weighted by molar-refractivity contribution is -0.114. The van der Waals surface area contributed by atoms with Crippen molar-refractivity contribution in [3.05, 3.63) is 54.1 Å². The zero-order valence-electron chi connectivity index (χ0n) is 15.6. The maximum Gasteiger partial charge on any atom is 0.222 e. The molecule has 0 fully saturated rings. The molecule has 1 aromatic carbocycles. The number of rotatable bonds is 4. The highest BCUT2D eigenvalue weighted by molar-refractivity contribution is 7.96. The molecule has 0 saturated carbocycles. The number of halogens is 1. The smallest absolute Gasteiger partial charge is 0.222 e. The van der Waals surface area contributed by atoms with Gasteiger partial charge in [-0.1, -0.05) is 11.9 Å². The topological polar surface area (TPSA) is 63.1 Å². The van der Waals surface area contributed by atoms with E-state index in [2.05, 4.69) is 20.9 Å². The number of pyridine rings is 1. The maximum atomic E-state index is 13.4. The number of amides is 1. The lowest BCUT2D eigenvalue weighted by Crippen LogP contribution is -2.29. The minimum Gasteiger partial charge on any atom is -0.311 e. The molecule has 0 saturated heterocycles. The van der Waals surface area contributed by atoms with Crippen molar-refractivity contribution in [3.63, 3.8) is 0 Å². The molecule has 3 aromatic rings. The van der Waals surface area contributed by atoms with Gasteiger partial charge in [-0.15, -0.1) is 0 Å². The van der Waals surface area contributed by atoms with E-state index in [0.29, 0.717) is 5.82 Å². The first kappa shape index (κ1) is 18.6. The van der Waals surface area contributed by atoms with Crippen LogP contribution in [0.25, 0.3) is 22.4 Å². The van der Waals surface area contributed by atoms with E-state index in [1.807, 2.05) is 16.8 Å². The number of aromatic nitrogens is 3. The van der Waals surface area contributed by atoms with E-state index in [0.717, 1.165) is 47.7 Å². The third kappa shape index (κ3) is 3.65. The Morgan fingerprint density at radius 2 is 1.96 bits per heavy atom. The summed E-state index contributed by atoms with van der Waals surface area (Å²) in [5.41, 5.74) is 4.66. The molecule has 0 unspecified atom stereocenters. The van der Waals surface area contributed by atoms with Crippen LogP contribution in [0.3, 0.4) is 0 Å². The van der Waals surface area contributed by atoms with Crippen LogP contribution in [0, 0.1) is 5.82 Å². The number of benzene rings is 1. The first-order chi connectivity index (χ1) is 13.5. The first-order valence-electron chi connectivity index (χ1n) is 8.94. The molecule has 144 valence electrons. The van der Waals surface area contributed by atoms with Gasteiger partial charge in [0.25, 0.3) is 0 Å². The minimum atomic E-state index is -0.278. The Kier molecular flexibility index (Phi) is 5.15. The van der Waals surface area contributed by atoms with Crippen LogP contribution in [-0.4, -0.2) is 37.8 Å². The van der Waals surface area contributed by atoms with E-state index in [9.17, 15) is 9.18 Å². The van der Waals surface area contributed by atoms with Crippen molar-refractivity contribution in [2.45, 2.75) is 20.0 Å². The fraction of sp³-hybridized carbons (Fsp3) is 0.250. The number of anilines is 1. The molecule has 1 aliphatic heterocycles. The standard InChI is InChI=1S/C20H20FN5OS/c1-13(27)23-18-11-15(7-8-22-18)19-17-12-25(28-2)9-10-26(17)24-20(19)14-3-5-16(21)6-4-14/h3-8,11H,9-10,12H2,1-2H3,(H,22,23,27). The molecule has 1 N–H and O–H groups in total. The molecule has 6 nitrogen and oxygen atoms in total. The van der Waals surface area contributed by atoms with Gasteiger partial charge in [-0.25, -0.2) is 13.7 Å². The quantitative estimate of drug-likeness (QED) is 0.679. The van der Waals surface area contributed by atoms with Crippen molar-refractivity contribution in [2.75, 3.05) is 18.1 Å². The Balaban J connectivity index is 1.88. The molecule has 2 aromatic heterocycles. The third-order valence-electron chi connectivity index (χ3n) is 4.67. The van der Waals surface area contributed by atoms with Crippen LogP contribution in [0.5, 0.6) is 0 Å². The highest BCUT2D eigenvalue weighted by Gasteiger charge is 2.26. The van der Waals surface area contributed by atoms with Crippen molar-refractivity contribution >= 4 is 23.7 Å². The van der Waals surface area contributed by atoms with E-state index in [1.165, 1.54) is 19.1 Å². The zero-order valence-corrected chi connectivity index (χ0v) is 16.5. The first-order valence-corrected chi connectivity index (χ1v) is 10.1. The average molecular weight is 397 g/mol. The molecular formula is C20H20FN5OS. The van der Waals surface area contributed by atoms with Crippen molar-refractivity contribution in [2.24, 2.45) is 0 Å². The van der Waals surface area contributed by atoms with Crippen molar-refractivity contribution in [3.8, 4) is 22.4 Å². The lowest BCUT2D eigenvalue weighted by Gasteiger charge is -2.25. The van der Waals surface area contributed by atoms with Crippen LogP contribution in [0.1, 0.15) is 12.6 Å². The molecule has 0 spiro atoms. The van der Waals surface area contributed by atoms with Gasteiger partial charge in [0.15, 0.2) is 0 Å². The molecular weight excluding hydrogens is 377 g/mol. The van der Waals surface area contributed by atoms with Gasteiger partial charge >= 0.3 is 0 Å². The highest BCUT2D eigenvalue weighted by atomic mass is 32.2. The van der Waals surface area contributed by atoms with E-state index in [-0.39, 0.29) is 11.7 Å². The van der Waals surface area contributed by atoms with E-state index in [4.69, 9.17) is 5.10 Å². The summed E-state index contributed by atoms with van der Waals surface area (Å²) in [5, 5.41) is 7.57. The fourth-order valence-electron chi connectivity index (χ4n) is 3.40. The predicted molar refractivity (Wildman–Crippen MR) is 109 cm³/mol. The van der Waals surface area contributed by atoms with Gasteiger partial charge < -0.3 is 5.32 Å². The zero-order chi connectivity index (χ0) is 19.7. The van der Waals surface area contributed by atoms with Crippen LogP contribution in [0.15, 0.2) is 42.6 Å². The lowest BCUT2D eigenvalue weighted by atomic mass is 9.99. The molecule has 1 aliphatic rings. The molecule has 4 rings (SSSR count). The average Bonchev–Trinajstić information content (AvgIpc) is 3.06. The van der Waals surface area contributed by atoms with Crippen LogP contribution in [-0.2, 0) is 17.9 Å². The largest absolute Gasteiger partial charge is 0.311 e. The molecule has 0 atom stereocenters. The van der Waals surface area contributed by atoms with Gasteiger partial charge in [-0.3, -0.25) is 9.48 Å². The summed E-state index contributed by atoms with van der Waals surface area (Å²) in [6, 6.07) is 10.1. The Hall–Kier alpha value is -2.71. The van der Waals surface area contributed by atoms with E-state index < -0.39 is 0 Å². The Labute approximate surface area is 166 Å². The number of hydrogen-bond acceptors (Lipinski definition) is 5. The summed E-state index contributed by atoms with van der Waals surface area (Å²) in [6.07, 6.45) is 3.74. The highest BCUT2D eigenvalue weighted by Crippen LogP contribution is 2.37. The normalized spacial score (nSPS) is 14.0. The van der Waals surface area contributed by atoms with Gasteiger partial charge in [0.05, 0.1) is 18.8 Å². The minimum absolute atomic E-state index is 0.172. The molecule has 28 heavy (non-hydrogen) atoms. The van der Waals surface area contributed by atoms with Gasteiger partial charge in [-0.05, 0) is 48.2 Å². The number of carbonyl (C=O) groups is 1. The van der Waals surface area contributed by atoms with Crippen LogP contribution >= 0.6 is 11.9 Å². The number of hydrogen-bond donors (Lipinski definition) is 1. The second-order valence-corrected chi connectivity index (χ2v) is 7.44. The molecule has 3 heterocycles. The second kappa shape index (κ2) is 7.73.